The number of ether oxygens (including phenoxy) is 1. The number of nitrogens with zero attached hydrogens (tertiary/aromatic N) is 2. The van der Waals surface area contributed by atoms with Crippen LogP contribution in [-0.2, 0) is 11.3 Å². The number of anilines is 1. The highest BCUT2D eigenvalue weighted by atomic mass is 16.5. The number of hydrogen-bond acceptors (Lipinski definition) is 5. The molecule has 1 heterocycles. The Kier molecular flexibility index (Phi) is 5.76. The van der Waals surface area contributed by atoms with Crippen molar-refractivity contribution in [3.63, 3.8) is 0 Å². The van der Waals surface area contributed by atoms with E-state index < -0.39 is 6.10 Å². The van der Waals surface area contributed by atoms with Gasteiger partial charge in [-0.15, -0.1) is 0 Å². The number of aromatic nitrogens is 2. The van der Waals surface area contributed by atoms with Gasteiger partial charge < -0.3 is 19.7 Å². The molecule has 2 N–H and O–H groups in total. The molecule has 0 aliphatic heterocycles. The Balaban J connectivity index is 1.79. The maximum atomic E-state index is 12.2. The highest BCUT2D eigenvalue weighted by Crippen LogP contribution is 2.28. The van der Waals surface area contributed by atoms with Crippen LogP contribution >= 0.6 is 0 Å². The Morgan fingerprint density at radius 3 is 2.95 bits per heavy atom. The highest BCUT2D eigenvalue weighted by Gasteiger charge is 2.21. The molecular weight excluding hydrogens is 270 g/mol. The van der Waals surface area contributed by atoms with Crippen molar-refractivity contribution in [2.45, 2.75) is 39.3 Å². The van der Waals surface area contributed by atoms with E-state index in [2.05, 4.69) is 24.1 Å². The summed E-state index contributed by atoms with van der Waals surface area (Å²) >= 11 is 0. The summed E-state index contributed by atoms with van der Waals surface area (Å²) in [4.78, 5) is 16.2. The zero-order valence-corrected chi connectivity index (χ0v) is 12.8. The van der Waals surface area contributed by atoms with Crippen molar-refractivity contribution in [1.82, 2.24) is 9.55 Å². The van der Waals surface area contributed by atoms with E-state index in [9.17, 15) is 9.90 Å². The maximum absolute atomic E-state index is 12.2. The quantitative estimate of drug-likeness (QED) is 0.713. The first-order chi connectivity index (χ1) is 10.1. The van der Waals surface area contributed by atoms with Gasteiger partial charge in [0.25, 0.3) is 5.56 Å². The largest absolute Gasteiger partial charge is 0.389 e. The molecule has 118 valence electrons. The molecule has 1 unspecified atom stereocenters. The van der Waals surface area contributed by atoms with E-state index in [0.717, 1.165) is 6.61 Å². The molecule has 0 aromatic carbocycles. The predicted molar refractivity (Wildman–Crippen MR) is 81.4 cm³/mol. The molecule has 21 heavy (non-hydrogen) atoms. The summed E-state index contributed by atoms with van der Waals surface area (Å²) in [7, 11) is 0. The summed E-state index contributed by atoms with van der Waals surface area (Å²) in [5.41, 5.74) is -0.155. The minimum absolute atomic E-state index is 0.155. The fourth-order valence-corrected chi connectivity index (χ4v) is 2.03. The van der Waals surface area contributed by atoms with Crippen LogP contribution in [0.3, 0.4) is 0 Å². The second-order valence-electron chi connectivity index (χ2n) is 6.14. The van der Waals surface area contributed by atoms with Gasteiger partial charge in [0.15, 0.2) is 5.82 Å². The van der Waals surface area contributed by atoms with E-state index in [4.69, 9.17) is 4.74 Å². The molecule has 1 aliphatic carbocycles. The van der Waals surface area contributed by atoms with E-state index in [1.165, 1.54) is 12.8 Å². The van der Waals surface area contributed by atoms with Gasteiger partial charge in [-0.1, -0.05) is 13.8 Å². The van der Waals surface area contributed by atoms with Gasteiger partial charge in [0.2, 0.25) is 0 Å². The van der Waals surface area contributed by atoms with Crippen LogP contribution in [0.1, 0.15) is 26.7 Å². The smallest absolute Gasteiger partial charge is 0.293 e. The monoisotopic (exact) mass is 295 g/mol. The lowest BCUT2D eigenvalue weighted by atomic mass is 10.2. The molecule has 1 atom stereocenters. The highest BCUT2D eigenvalue weighted by molar-refractivity contribution is 5.30. The number of nitrogens with one attached hydrogen (secondary N) is 1. The first-order valence-electron chi connectivity index (χ1n) is 7.61. The fraction of sp³-hybridized carbons (Fsp3) is 0.733. The van der Waals surface area contributed by atoms with Crippen molar-refractivity contribution in [2.75, 3.05) is 25.1 Å². The number of rotatable bonds is 9. The minimum Gasteiger partial charge on any atom is -0.389 e. The van der Waals surface area contributed by atoms with Gasteiger partial charge in [0.05, 0.1) is 12.7 Å². The lowest BCUT2D eigenvalue weighted by Gasteiger charge is -2.14. The number of aliphatic hydroxyl groups excluding tert-OH is 1. The summed E-state index contributed by atoms with van der Waals surface area (Å²) in [6.07, 6.45) is 5.11. The third kappa shape index (κ3) is 5.47. The number of hydrogen-bond donors (Lipinski definition) is 2. The Morgan fingerprint density at radius 2 is 2.29 bits per heavy atom. The Morgan fingerprint density at radius 1 is 1.52 bits per heavy atom. The molecule has 0 spiro atoms. The summed E-state index contributed by atoms with van der Waals surface area (Å²) < 4.78 is 7.06. The van der Waals surface area contributed by atoms with Crippen LogP contribution in [0.2, 0.25) is 0 Å². The van der Waals surface area contributed by atoms with Crippen molar-refractivity contribution in [3.8, 4) is 0 Å². The second-order valence-corrected chi connectivity index (χ2v) is 6.14. The maximum Gasteiger partial charge on any atom is 0.293 e. The van der Waals surface area contributed by atoms with E-state index in [1.807, 2.05) is 0 Å². The van der Waals surface area contributed by atoms with E-state index in [-0.39, 0.29) is 24.5 Å². The number of aliphatic hydroxyl groups is 1. The first-order valence-corrected chi connectivity index (χ1v) is 7.61. The standard InChI is InChI=1S/C15H25N3O3/c1-11(2)8-18-6-5-16-14(15(18)20)17-7-13(19)10-21-9-12-3-4-12/h5-6,11-13,19H,3-4,7-10H2,1-2H3,(H,16,17). The van der Waals surface area contributed by atoms with Crippen molar-refractivity contribution in [3.05, 3.63) is 22.7 Å². The lowest BCUT2D eigenvalue weighted by Crippen LogP contribution is -2.30. The molecule has 0 amide bonds. The van der Waals surface area contributed by atoms with Gasteiger partial charge in [0, 0.05) is 32.1 Å². The first kappa shape index (κ1) is 16.0. The zero-order chi connectivity index (χ0) is 15.2. The minimum atomic E-state index is -0.635. The summed E-state index contributed by atoms with van der Waals surface area (Å²) in [6, 6.07) is 0. The molecule has 1 aromatic rings. The van der Waals surface area contributed by atoms with Crippen LogP contribution in [-0.4, -0.2) is 40.5 Å². The van der Waals surface area contributed by atoms with Gasteiger partial charge >= 0.3 is 0 Å². The van der Waals surface area contributed by atoms with Crippen LogP contribution in [0.15, 0.2) is 17.2 Å². The van der Waals surface area contributed by atoms with Gasteiger partial charge in [-0.3, -0.25) is 4.79 Å². The second kappa shape index (κ2) is 7.56. The normalized spacial score (nSPS) is 16.2. The molecule has 1 saturated carbocycles. The molecule has 0 bridgehead atoms. The molecule has 1 aliphatic rings. The van der Waals surface area contributed by atoms with Gasteiger partial charge in [-0.05, 0) is 24.7 Å². The van der Waals surface area contributed by atoms with Crippen molar-refractivity contribution in [2.24, 2.45) is 11.8 Å². The SMILES string of the molecule is CC(C)Cn1ccnc(NCC(O)COCC2CC2)c1=O. The van der Waals surface area contributed by atoms with Crippen LogP contribution < -0.4 is 10.9 Å². The van der Waals surface area contributed by atoms with Crippen LogP contribution in [0.5, 0.6) is 0 Å². The Labute approximate surface area is 125 Å². The van der Waals surface area contributed by atoms with E-state index in [0.29, 0.717) is 18.4 Å². The third-order valence-electron chi connectivity index (χ3n) is 3.34. The van der Waals surface area contributed by atoms with E-state index >= 15 is 0 Å². The topological polar surface area (TPSA) is 76.4 Å². The summed E-state index contributed by atoms with van der Waals surface area (Å²) in [6.45, 7) is 6.04. The van der Waals surface area contributed by atoms with Crippen LogP contribution in [0.4, 0.5) is 5.82 Å². The van der Waals surface area contributed by atoms with Crippen molar-refractivity contribution in [1.29, 1.82) is 0 Å². The van der Waals surface area contributed by atoms with Crippen LogP contribution in [0, 0.1) is 11.8 Å². The van der Waals surface area contributed by atoms with Gasteiger partial charge in [-0.2, -0.15) is 0 Å². The molecule has 1 aromatic heterocycles. The van der Waals surface area contributed by atoms with Gasteiger partial charge in [0.1, 0.15) is 0 Å². The molecule has 0 radical (unpaired) electrons. The lowest BCUT2D eigenvalue weighted by molar-refractivity contribution is 0.0385. The third-order valence-corrected chi connectivity index (χ3v) is 3.34. The molecule has 6 heteroatoms. The predicted octanol–water partition coefficient (Wildman–Crippen LogP) is 1.10. The van der Waals surface area contributed by atoms with Crippen LogP contribution in [0.25, 0.3) is 0 Å². The van der Waals surface area contributed by atoms with Crippen molar-refractivity contribution >= 4 is 5.82 Å². The Hall–Kier alpha value is -1.40. The van der Waals surface area contributed by atoms with Gasteiger partial charge in [-0.25, -0.2) is 4.98 Å². The fourth-order valence-electron chi connectivity index (χ4n) is 2.03. The zero-order valence-electron chi connectivity index (χ0n) is 12.8. The molecule has 0 saturated heterocycles. The average Bonchev–Trinajstić information content (AvgIpc) is 3.23. The van der Waals surface area contributed by atoms with Crippen molar-refractivity contribution < 1.29 is 9.84 Å². The molecule has 1 fully saturated rings. The molecule has 6 nitrogen and oxygen atoms in total. The summed E-state index contributed by atoms with van der Waals surface area (Å²) in [5.74, 6) is 1.35. The molecule has 2 rings (SSSR count). The summed E-state index contributed by atoms with van der Waals surface area (Å²) in [5, 5.41) is 12.7. The average molecular weight is 295 g/mol. The van der Waals surface area contributed by atoms with E-state index in [1.54, 1.807) is 17.0 Å². The Bertz CT molecular complexity index is 497. The molecular formula is C15H25N3O3.